The van der Waals surface area contributed by atoms with Crippen LogP contribution < -0.4 is 30.4 Å². The van der Waals surface area contributed by atoms with E-state index in [1.165, 1.54) is 191 Å². The van der Waals surface area contributed by atoms with E-state index in [9.17, 15) is 0 Å². The average Bonchev–Trinajstić information content (AvgIpc) is 1.18. The molecule has 10 aromatic rings. The number of rotatable bonds is 6. The fraction of sp³-hybridized carbons (Fsp3) is 0.349. The SMILES string of the molecule is Cc1cc(C(C)(C)C)ccc1N(c1ccc2c(c1)N(c1ccc3ccccc3c1)c1cc(C34CC5CC(CC(C5)C3)C4)cc3c1B2c1sc2ccc(C(C)(C)C)cc2c1N3c1ccc2c(c1)C1(CCCC1)c1ccccc1-2)c1ccc(C(C)(C)C)cc1C. The molecule has 1 spiro atoms. The van der Waals surface area contributed by atoms with Crippen molar-refractivity contribution in [3.63, 3.8) is 0 Å². The van der Waals surface area contributed by atoms with Gasteiger partial charge in [-0.25, -0.2) is 0 Å². The van der Waals surface area contributed by atoms with Crippen molar-refractivity contribution in [2.24, 2.45) is 17.8 Å². The lowest BCUT2D eigenvalue weighted by atomic mass is 9.36. The average molecular weight is 1170 g/mol. The molecular weight excluding hydrogens is 1080 g/mol. The number of hydrogen-bond donors (Lipinski definition) is 0. The van der Waals surface area contributed by atoms with Crippen LogP contribution in [-0.4, -0.2) is 6.71 Å². The van der Waals surface area contributed by atoms with E-state index in [1.807, 2.05) is 11.3 Å². The molecule has 440 valence electrons. The third-order valence-corrected chi connectivity index (χ3v) is 24.2. The topological polar surface area (TPSA) is 9.72 Å². The minimum Gasteiger partial charge on any atom is -0.311 e. The van der Waals surface area contributed by atoms with Gasteiger partial charge in [0.2, 0.25) is 0 Å². The molecule has 5 fully saturated rings. The van der Waals surface area contributed by atoms with E-state index in [-0.39, 0.29) is 33.8 Å². The maximum atomic E-state index is 2.85. The Morgan fingerprint density at radius 3 is 1.72 bits per heavy atom. The van der Waals surface area contributed by atoms with E-state index in [0.717, 1.165) is 17.8 Å². The number of thiophene rings is 1. The normalized spacial score (nSPS) is 21.1. The zero-order chi connectivity index (χ0) is 60.1. The molecule has 2 aliphatic heterocycles. The van der Waals surface area contributed by atoms with Gasteiger partial charge in [-0.3, -0.25) is 0 Å². The Kier molecular flexibility index (Phi) is 11.9. The molecule has 0 N–H and O–H groups in total. The Morgan fingerprint density at radius 2 is 1.07 bits per heavy atom. The molecule has 9 aromatic carbocycles. The highest BCUT2D eigenvalue weighted by atomic mass is 32.1. The molecule has 0 unspecified atom stereocenters. The van der Waals surface area contributed by atoms with Crippen molar-refractivity contribution in [2.75, 3.05) is 14.7 Å². The number of anilines is 9. The van der Waals surface area contributed by atoms with E-state index < -0.39 is 0 Å². The Balaban J connectivity index is 0.973. The third kappa shape index (κ3) is 8.19. The van der Waals surface area contributed by atoms with Gasteiger partial charge in [-0.1, -0.05) is 172 Å². The van der Waals surface area contributed by atoms with Crippen LogP contribution in [0.5, 0.6) is 0 Å². The maximum absolute atomic E-state index is 2.85. The van der Waals surface area contributed by atoms with Crippen LogP contribution in [0, 0.1) is 31.6 Å². The largest absolute Gasteiger partial charge is 0.311 e. The van der Waals surface area contributed by atoms with Crippen molar-refractivity contribution in [1.29, 1.82) is 0 Å². The summed E-state index contributed by atoms with van der Waals surface area (Å²) < 4.78 is 2.81. The summed E-state index contributed by atoms with van der Waals surface area (Å²) in [5.41, 5.74) is 28.7. The smallest absolute Gasteiger partial charge is 0.264 e. The Bertz CT molecular complexity index is 4470. The summed E-state index contributed by atoms with van der Waals surface area (Å²) in [5, 5.41) is 3.91. The fourth-order valence-corrected chi connectivity index (χ4v) is 20.3. The molecule has 5 saturated carbocycles. The quantitative estimate of drug-likeness (QED) is 0.154. The zero-order valence-electron chi connectivity index (χ0n) is 53.8. The lowest BCUT2D eigenvalue weighted by Gasteiger charge is -2.57. The summed E-state index contributed by atoms with van der Waals surface area (Å²) >= 11 is 2.05. The highest BCUT2D eigenvalue weighted by Crippen LogP contribution is 2.63. The highest BCUT2D eigenvalue weighted by molar-refractivity contribution is 7.33. The summed E-state index contributed by atoms with van der Waals surface area (Å²) in [4.78, 5) is 8.20. The second kappa shape index (κ2) is 19.1. The first-order valence-corrected chi connectivity index (χ1v) is 34.3. The summed E-state index contributed by atoms with van der Waals surface area (Å²) in [6.07, 6.45) is 13.1. The van der Waals surface area contributed by atoms with Gasteiger partial charge in [-0.15, -0.1) is 11.3 Å². The molecule has 88 heavy (non-hydrogen) atoms. The van der Waals surface area contributed by atoms with Crippen molar-refractivity contribution in [1.82, 2.24) is 0 Å². The minimum atomic E-state index is -0.0234. The molecule has 5 heteroatoms. The second-order valence-corrected chi connectivity index (χ2v) is 32.8. The second-order valence-electron chi connectivity index (χ2n) is 31.7. The summed E-state index contributed by atoms with van der Waals surface area (Å²) in [6, 6.07) is 68.7. The van der Waals surface area contributed by atoms with E-state index >= 15 is 0 Å². The van der Waals surface area contributed by atoms with Crippen LogP contribution in [0.4, 0.5) is 51.2 Å². The third-order valence-electron chi connectivity index (χ3n) is 23.0. The molecule has 8 aliphatic rings. The number of fused-ring (bicyclic) bond motifs is 12. The Morgan fingerprint density at radius 1 is 0.500 bits per heavy atom. The fourth-order valence-electron chi connectivity index (χ4n) is 19.0. The van der Waals surface area contributed by atoms with Gasteiger partial charge < -0.3 is 14.7 Å². The van der Waals surface area contributed by atoms with Crippen LogP contribution in [0.25, 0.3) is 32.0 Å². The van der Waals surface area contributed by atoms with Gasteiger partial charge in [0.05, 0.1) is 5.69 Å². The van der Waals surface area contributed by atoms with Crippen LogP contribution in [-0.2, 0) is 27.1 Å². The molecule has 0 atom stereocenters. The zero-order valence-corrected chi connectivity index (χ0v) is 54.6. The summed E-state index contributed by atoms with van der Waals surface area (Å²) in [6.45, 7) is 25.8. The Hall–Kier alpha value is -7.34. The van der Waals surface area contributed by atoms with E-state index in [1.54, 1.807) is 16.7 Å². The molecular formula is C83H84BN3S. The summed E-state index contributed by atoms with van der Waals surface area (Å²) in [5.74, 6) is 2.41. The molecule has 0 amide bonds. The molecule has 6 aliphatic carbocycles. The molecule has 3 heterocycles. The van der Waals surface area contributed by atoms with Crippen molar-refractivity contribution in [3.8, 4) is 11.1 Å². The monoisotopic (exact) mass is 1170 g/mol. The molecule has 1 aromatic heterocycles. The number of hydrogen-bond acceptors (Lipinski definition) is 4. The van der Waals surface area contributed by atoms with Crippen molar-refractivity contribution in [2.45, 2.75) is 167 Å². The standard InChI is InChI=1S/C83H84BN3S/c1-50-36-57(79(3,4)5)23-31-70(50)85(71-32-24-58(37-51(71)2)80(6,7)8)63-28-30-69-72(46-63)86(61-26-22-55-18-12-13-19-56(55)41-61)73-43-60(82-47-52-38-53(48-82)40-54(39-52)49-82)44-74-76(73)84(69)78-77(66-42-59(81(9,10)11)25-33-75(66)88-78)87(74)62-27-29-65-64-20-14-15-21-67(64)83(68(65)45-62)34-16-17-35-83/h12-15,18-33,36-37,41-46,52-54H,16-17,34-35,38-40,47-49H2,1-11H3. The van der Waals surface area contributed by atoms with Crippen LogP contribution in [0.3, 0.4) is 0 Å². The van der Waals surface area contributed by atoms with Crippen LogP contribution in [0.1, 0.15) is 171 Å². The van der Waals surface area contributed by atoms with Gasteiger partial charge in [0, 0.05) is 65.8 Å². The van der Waals surface area contributed by atoms with Crippen molar-refractivity contribution in [3.05, 3.63) is 214 Å². The molecule has 4 bridgehead atoms. The minimum absolute atomic E-state index is 0.00757. The Labute approximate surface area is 527 Å². The van der Waals surface area contributed by atoms with Crippen LogP contribution in [0.15, 0.2) is 170 Å². The highest BCUT2D eigenvalue weighted by Gasteiger charge is 2.54. The molecule has 18 rings (SSSR count). The molecule has 0 saturated heterocycles. The van der Waals surface area contributed by atoms with Gasteiger partial charge in [-0.05, 0) is 255 Å². The van der Waals surface area contributed by atoms with E-state index in [4.69, 9.17) is 0 Å². The van der Waals surface area contributed by atoms with Gasteiger partial charge in [0.15, 0.2) is 0 Å². The maximum Gasteiger partial charge on any atom is 0.264 e. The van der Waals surface area contributed by atoms with Crippen LogP contribution in [0.2, 0.25) is 0 Å². The van der Waals surface area contributed by atoms with E-state index in [0.29, 0.717) is 0 Å². The number of aryl methyl sites for hydroxylation is 2. The molecule has 0 radical (unpaired) electrons. The van der Waals surface area contributed by atoms with Crippen molar-refractivity contribution >= 4 is 106 Å². The molecule has 3 nitrogen and oxygen atoms in total. The number of nitrogens with zero attached hydrogens (tertiary/aromatic N) is 3. The first kappa shape index (κ1) is 54.8. The van der Waals surface area contributed by atoms with Gasteiger partial charge in [0.25, 0.3) is 6.71 Å². The lowest BCUT2D eigenvalue weighted by Crippen LogP contribution is -2.60. The van der Waals surface area contributed by atoms with Crippen LogP contribution >= 0.6 is 11.3 Å². The first-order chi connectivity index (χ1) is 42.2. The van der Waals surface area contributed by atoms with Gasteiger partial charge >= 0.3 is 0 Å². The van der Waals surface area contributed by atoms with E-state index in [2.05, 4.69) is 261 Å². The lowest BCUT2D eigenvalue weighted by molar-refractivity contribution is -0.00514. The predicted molar refractivity (Wildman–Crippen MR) is 378 cm³/mol. The van der Waals surface area contributed by atoms with Crippen molar-refractivity contribution < 1.29 is 0 Å². The first-order valence-electron chi connectivity index (χ1n) is 33.5. The summed E-state index contributed by atoms with van der Waals surface area (Å²) in [7, 11) is 0. The predicted octanol–water partition coefficient (Wildman–Crippen LogP) is 21.4. The number of benzene rings is 9. The van der Waals surface area contributed by atoms with Gasteiger partial charge in [0.1, 0.15) is 0 Å². The van der Waals surface area contributed by atoms with Gasteiger partial charge in [-0.2, -0.15) is 0 Å².